The molecule has 0 aliphatic heterocycles. The molecule has 0 saturated heterocycles. The van der Waals surface area contributed by atoms with Crippen molar-refractivity contribution < 1.29 is 0 Å². The van der Waals surface area contributed by atoms with E-state index in [1.807, 2.05) is 11.6 Å². The summed E-state index contributed by atoms with van der Waals surface area (Å²) in [4.78, 5) is 4.79. The van der Waals surface area contributed by atoms with Gasteiger partial charge in [0.1, 0.15) is 0 Å². The molecule has 1 rings (SSSR count). The molecule has 0 saturated carbocycles. The molecule has 1 heterocycles. The molecule has 0 spiro atoms. The number of nitrogens with zero attached hydrogens (tertiary/aromatic N) is 1. The molecule has 0 aliphatic rings. The van der Waals surface area contributed by atoms with Gasteiger partial charge in [0.05, 0.1) is 5.01 Å². The summed E-state index contributed by atoms with van der Waals surface area (Å²) < 4.78 is 0. The van der Waals surface area contributed by atoms with Crippen LogP contribution in [0.3, 0.4) is 0 Å². The third-order valence-electron chi connectivity index (χ3n) is 1.24. The molecule has 0 bridgehead atoms. The van der Waals surface area contributed by atoms with E-state index in [-0.39, 0.29) is 0 Å². The molecule has 0 aliphatic carbocycles. The predicted molar refractivity (Wildman–Crippen MR) is 48.8 cm³/mol. The minimum atomic E-state index is 0.608. The van der Waals surface area contributed by atoms with E-state index in [4.69, 9.17) is 0 Å². The Kier molecular flexibility index (Phi) is 3.35. The average molecular weight is 220 g/mol. The van der Waals surface area contributed by atoms with Crippen molar-refractivity contribution in [2.24, 2.45) is 0 Å². The summed E-state index contributed by atoms with van der Waals surface area (Å²) >= 11 is 5.23. The van der Waals surface area contributed by atoms with Gasteiger partial charge in [-0.3, -0.25) is 0 Å². The normalized spacial score (nSPS) is 13.4. The van der Waals surface area contributed by atoms with Crippen LogP contribution in [0, 0.1) is 0 Å². The first-order chi connectivity index (χ1) is 4.79. The lowest BCUT2D eigenvalue weighted by Crippen LogP contribution is -1.92. The molecule has 0 amide bonds. The summed E-state index contributed by atoms with van der Waals surface area (Å²) in [6.45, 7) is 2.16. The minimum Gasteiger partial charge on any atom is -0.250 e. The van der Waals surface area contributed by atoms with Crippen LogP contribution in [-0.2, 0) is 6.42 Å². The maximum Gasteiger partial charge on any atom is 0.0925 e. The first kappa shape index (κ1) is 8.21. The number of thiazole rings is 1. The van der Waals surface area contributed by atoms with Gasteiger partial charge >= 0.3 is 0 Å². The molecule has 0 N–H and O–H groups in total. The van der Waals surface area contributed by atoms with Gasteiger partial charge in [0.25, 0.3) is 0 Å². The number of alkyl halides is 1. The maximum atomic E-state index is 4.19. The summed E-state index contributed by atoms with van der Waals surface area (Å²) in [5.41, 5.74) is 0. The molecule has 0 aromatic carbocycles. The number of aryl methyl sites for hydroxylation is 1. The zero-order chi connectivity index (χ0) is 7.40. The molecule has 1 atom stereocenters. The largest absolute Gasteiger partial charge is 0.250 e. The van der Waals surface area contributed by atoms with Crippen LogP contribution < -0.4 is 0 Å². The molecule has 1 aromatic rings. The SMILES string of the molecule is CC(Br)CCc1nccs1. The summed E-state index contributed by atoms with van der Waals surface area (Å²) in [6.07, 6.45) is 4.14. The van der Waals surface area contributed by atoms with Gasteiger partial charge in [-0.1, -0.05) is 22.9 Å². The Hall–Kier alpha value is 0.110. The van der Waals surface area contributed by atoms with Gasteiger partial charge < -0.3 is 0 Å². The van der Waals surface area contributed by atoms with Gasteiger partial charge in [0.2, 0.25) is 0 Å². The van der Waals surface area contributed by atoms with E-state index in [1.54, 1.807) is 11.3 Å². The molecule has 0 fully saturated rings. The Balaban J connectivity index is 2.28. The minimum absolute atomic E-state index is 0.608. The van der Waals surface area contributed by atoms with Crippen LogP contribution in [-0.4, -0.2) is 9.81 Å². The molecule has 1 nitrogen and oxygen atoms in total. The van der Waals surface area contributed by atoms with Gasteiger partial charge in [0, 0.05) is 22.8 Å². The average Bonchev–Trinajstić information content (AvgIpc) is 2.34. The highest BCUT2D eigenvalue weighted by molar-refractivity contribution is 9.09. The third kappa shape index (κ3) is 2.80. The monoisotopic (exact) mass is 219 g/mol. The van der Waals surface area contributed by atoms with Crippen molar-refractivity contribution in [1.29, 1.82) is 0 Å². The number of rotatable bonds is 3. The lowest BCUT2D eigenvalue weighted by molar-refractivity contribution is 0.816. The molecule has 3 heteroatoms. The van der Waals surface area contributed by atoms with E-state index in [1.165, 1.54) is 11.4 Å². The van der Waals surface area contributed by atoms with Gasteiger partial charge in [-0.15, -0.1) is 11.3 Å². The fourth-order valence-corrected chi connectivity index (χ4v) is 1.56. The van der Waals surface area contributed by atoms with E-state index in [0.29, 0.717) is 4.83 Å². The zero-order valence-electron chi connectivity index (χ0n) is 5.88. The molecular formula is C7H10BrNS. The van der Waals surface area contributed by atoms with Crippen LogP contribution in [0.2, 0.25) is 0 Å². The van der Waals surface area contributed by atoms with Crippen molar-refractivity contribution in [2.45, 2.75) is 24.6 Å². The topological polar surface area (TPSA) is 12.9 Å². The number of halogens is 1. The van der Waals surface area contributed by atoms with Crippen molar-refractivity contribution in [3.8, 4) is 0 Å². The maximum absolute atomic E-state index is 4.19. The van der Waals surface area contributed by atoms with Gasteiger partial charge in [-0.25, -0.2) is 4.98 Å². The van der Waals surface area contributed by atoms with Crippen molar-refractivity contribution in [3.05, 3.63) is 16.6 Å². The Morgan fingerprint density at radius 3 is 3.10 bits per heavy atom. The van der Waals surface area contributed by atoms with Crippen LogP contribution in [0.15, 0.2) is 11.6 Å². The van der Waals surface area contributed by atoms with Gasteiger partial charge in [-0.05, 0) is 6.42 Å². The lowest BCUT2D eigenvalue weighted by atomic mass is 10.3. The summed E-state index contributed by atoms with van der Waals surface area (Å²) in [5.74, 6) is 0. The van der Waals surface area contributed by atoms with Crippen LogP contribution >= 0.6 is 27.3 Å². The van der Waals surface area contributed by atoms with Crippen molar-refractivity contribution >= 4 is 27.3 Å². The van der Waals surface area contributed by atoms with Crippen LogP contribution in [0.25, 0.3) is 0 Å². The van der Waals surface area contributed by atoms with Crippen LogP contribution in [0.4, 0.5) is 0 Å². The molecule has 1 unspecified atom stereocenters. The van der Waals surface area contributed by atoms with Crippen LogP contribution in [0.1, 0.15) is 18.4 Å². The van der Waals surface area contributed by atoms with Crippen LogP contribution in [0.5, 0.6) is 0 Å². The highest BCUT2D eigenvalue weighted by atomic mass is 79.9. The second-order valence-electron chi connectivity index (χ2n) is 2.25. The Morgan fingerprint density at radius 2 is 2.60 bits per heavy atom. The molecular weight excluding hydrogens is 210 g/mol. The molecule has 10 heavy (non-hydrogen) atoms. The number of aromatic nitrogens is 1. The Bertz CT molecular complexity index is 172. The number of hydrogen-bond donors (Lipinski definition) is 0. The Morgan fingerprint density at radius 1 is 1.80 bits per heavy atom. The molecule has 0 radical (unpaired) electrons. The second-order valence-corrected chi connectivity index (χ2v) is 4.79. The number of hydrogen-bond acceptors (Lipinski definition) is 2. The van der Waals surface area contributed by atoms with E-state index in [2.05, 4.69) is 27.8 Å². The van der Waals surface area contributed by atoms with E-state index >= 15 is 0 Å². The standard InChI is InChI=1S/C7H10BrNS/c1-6(8)2-3-7-9-4-5-10-7/h4-6H,2-3H2,1H3. The van der Waals surface area contributed by atoms with Gasteiger partial charge in [0.15, 0.2) is 0 Å². The zero-order valence-corrected chi connectivity index (χ0v) is 8.28. The van der Waals surface area contributed by atoms with Crippen molar-refractivity contribution in [3.63, 3.8) is 0 Å². The van der Waals surface area contributed by atoms with E-state index in [0.717, 1.165) is 6.42 Å². The highest BCUT2D eigenvalue weighted by Gasteiger charge is 1.98. The van der Waals surface area contributed by atoms with E-state index in [9.17, 15) is 0 Å². The quantitative estimate of drug-likeness (QED) is 0.713. The fourth-order valence-electron chi connectivity index (χ4n) is 0.699. The fraction of sp³-hybridized carbons (Fsp3) is 0.571. The predicted octanol–water partition coefficient (Wildman–Crippen LogP) is 2.86. The first-order valence-electron chi connectivity index (χ1n) is 3.31. The van der Waals surface area contributed by atoms with Crippen molar-refractivity contribution in [1.82, 2.24) is 4.98 Å². The van der Waals surface area contributed by atoms with Gasteiger partial charge in [-0.2, -0.15) is 0 Å². The summed E-state index contributed by atoms with van der Waals surface area (Å²) in [5, 5.41) is 3.26. The summed E-state index contributed by atoms with van der Waals surface area (Å²) in [6, 6.07) is 0. The van der Waals surface area contributed by atoms with E-state index < -0.39 is 0 Å². The lowest BCUT2D eigenvalue weighted by Gasteiger charge is -1.97. The second kappa shape index (κ2) is 4.09. The summed E-state index contributed by atoms with van der Waals surface area (Å²) in [7, 11) is 0. The first-order valence-corrected chi connectivity index (χ1v) is 5.11. The molecule has 56 valence electrons. The third-order valence-corrected chi connectivity index (χ3v) is 2.54. The highest BCUT2D eigenvalue weighted by Crippen LogP contribution is 2.11. The Labute approximate surface area is 73.6 Å². The molecule has 1 aromatic heterocycles. The van der Waals surface area contributed by atoms with Crippen molar-refractivity contribution in [2.75, 3.05) is 0 Å². The smallest absolute Gasteiger partial charge is 0.0925 e.